The van der Waals surface area contributed by atoms with Crippen molar-refractivity contribution in [2.45, 2.75) is 12.5 Å². The summed E-state index contributed by atoms with van der Waals surface area (Å²) < 4.78 is 15.1. The smallest absolute Gasteiger partial charge is 0.394 e. The van der Waals surface area contributed by atoms with Gasteiger partial charge in [-0.3, -0.25) is 4.52 Å². The molecule has 0 aliphatic heterocycles. The molecule has 0 rings (SSSR count). The quantitative estimate of drug-likeness (QED) is 0.291. The van der Waals surface area contributed by atoms with E-state index in [-0.39, 0.29) is 13.2 Å². The molecule has 0 saturated heterocycles. The van der Waals surface area contributed by atoms with Gasteiger partial charge < -0.3 is 24.5 Å². The Morgan fingerprint density at radius 3 is 2.11 bits per heavy atom. The van der Waals surface area contributed by atoms with Crippen molar-refractivity contribution in [3.8, 4) is 0 Å². The number of aliphatic hydroxyl groups is 2. The minimum atomic E-state index is -4.26. The van der Waals surface area contributed by atoms with Gasteiger partial charge in [0.2, 0.25) is 0 Å². The summed E-state index contributed by atoms with van der Waals surface area (Å²) >= 11 is 0. The van der Waals surface area contributed by atoms with E-state index in [1.165, 1.54) is 0 Å². The van der Waals surface area contributed by atoms with Crippen LogP contribution < -0.4 is 0 Å². The van der Waals surface area contributed by atoms with E-state index >= 15 is 0 Å². The summed E-state index contributed by atoms with van der Waals surface area (Å²) in [5, 5.41) is 16.7. The lowest BCUT2D eigenvalue weighted by molar-refractivity contribution is -0.870. The van der Waals surface area contributed by atoms with Gasteiger partial charge >= 0.3 is 7.82 Å². The summed E-state index contributed by atoms with van der Waals surface area (Å²) in [6.45, 7) is 3.85. The molecule has 110 valence electrons. The summed E-state index contributed by atoms with van der Waals surface area (Å²) in [5.74, 6) is 0. The van der Waals surface area contributed by atoms with E-state index in [9.17, 15) is 4.57 Å². The summed E-state index contributed by atoms with van der Waals surface area (Å²) in [6.07, 6.45) is 1.43. The lowest BCUT2D eigenvalue weighted by atomic mass is 10.3. The average molecular weight is 286 g/mol. The largest absolute Gasteiger partial charge is 0.469 e. The fraction of sp³-hybridized carbons (Fsp3) is 0.800. The molecule has 18 heavy (non-hydrogen) atoms. The Hall–Kier alpha value is -0.270. The third-order valence-electron chi connectivity index (χ3n) is 1.67. The van der Waals surface area contributed by atoms with E-state index in [1.54, 1.807) is 6.08 Å². The topological polar surface area (TPSA) is 107 Å². The Balaban J connectivity index is 0. The molecule has 0 amide bonds. The van der Waals surface area contributed by atoms with E-state index in [2.05, 4.69) is 11.1 Å². The maximum absolute atomic E-state index is 10.2. The second-order valence-electron chi connectivity index (χ2n) is 4.70. The Kier molecular flexibility index (Phi) is 10.7. The second kappa shape index (κ2) is 9.63. The molecule has 0 heterocycles. The number of nitrogens with zero attached hydrogens (tertiary/aromatic N) is 1. The molecule has 0 spiro atoms. The van der Waals surface area contributed by atoms with Gasteiger partial charge in [-0.05, 0) is 6.42 Å². The summed E-state index contributed by atoms with van der Waals surface area (Å²) in [7, 11) is 1.50. The fourth-order valence-corrected chi connectivity index (χ4v) is 1.02. The molecule has 0 radical (unpaired) electrons. The first-order valence-electron chi connectivity index (χ1n) is 5.42. The second-order valence-corrected chi connectivity index (χ2v) is 5.94. The van der Waals surface area contributed by atoms with Crippen LogP contribution in [0.1, 0.15) is 6.42 Å². The first-order valence-corrected chi connectivity index (χ1v) is 6.95. The molecule has 1 atom stereocenters. The predicted octanol–water partition coefficient (Wildman–Crippen LogP) is -0.282. The van der Waals surface area contributed by atoms with Gasteiger partial charge in [-0.15, -0.1) is 6.58 Å². The third kappa shape index (κ3) is 21.1. The van der Waals surface area contributed by atoms with Crippen molar-refractivity contribution in [2.24, 2.45) is 0 Å². The van der Waals surface area contributed by atoms with Crippen molar-refractivity contribution < 1.29 is 33.6 Å². The number of quaternary nitrogens is 1. The Labute approximate surface area is 108 Å². The average Bonchev–Trinajstić information content (AvgIpc) is 2.14. The van der Waals surface area contributed by atoms with Crippen molar-refractivity contribution in [2.75, 3.05) is 40.9 Å². The van der Waals surface area contributed by atoms with Crippen LogP contribution >= 0.6 is 7.82 Å². The summed E-state index contributed by atoms with van der Waals surface area (Å²) in [5.41, 5.74) is 0. The van der Waals surface area contributed by atoms with Gasteiger partial charge in [-0.25, -0.2) is 4.57 Å². The maximum atomic E-state index is 10.2. The van der Waals surface area contributed by atoms with Crippen LogP contribution in [0.15, 0.2) is 12.7 Å². The van der Waals surface area contributed by atoms with Crippen LogP contribution in [0.25, 0.3) is 0 Å². The van der Waals surface area contributed by atoms with Crippen LogP contribution in [0.3, 0.4) is 0 Å². The van der Waals surface area contributed by atoms with E-state index in [0.29, 0.717) is 17.4 Å². The van der Waals surface area contributed by atoms with Crippen molar-refractivity contribution in [3.63, 3.8) is 0 Å². The van der Waals surface area contributed by atoms with Crippen LogP contribution in [0.2, 0.25) is 0 Å². The highest BCUT2D eigenvalue weighted by atomic mass is 31.2. The molecule has 0 aromatic rings. The highest BCUT2D eigenvalue weighted by Gasteiger charge is 2.15. The van der Waals surface area contributed by atoms with Crippen LogP contribution in [-0.4, -0.2) is 71.5 Å². The van der Waals surface area contributed by atoms with E-state index in [0.717, 1.165) is 0 Å². The van der Waals surface area contributed by atoms with Crippen LogP contribution in [0, 0.1) is 0 Å². The van der Waals surface area contributed by atoms with Crippen molar-refractivity contribution >= 4 is 7.82 Å². The minimum Gasteiger partial charge on any atom is -0.394 e. The number of rotatable bonds is 7. The zero-order valence-electron chi connectivity index (χ0n) is 11.2. The maximum Gasteiger partial charge on any atom is 0.469 e. The van der Waals surface area contributed by atoms with Crippen LogP contribution in [0.5, 0.6) is 0 Å². The zero-order valence-corrected chi connectivity index (χ0v) is 12.1. The molecule has 8 heteroatoms. The molecule has 0 saturated carbocycles. The molecule has 0 fully saturated rings. The monoisotopic (exact) mass is 286 g/mol. The molecule has 0 bridgehead atoms. The van der Waals surface area contributed by atoms with E-state index in [4.69, 9.17) is 20.0 Å². The van der Waals surface area contributed by atoms with Gasteiger partial charge in [0.05, 0.1) is 33.9 Å². The normalized spacial score (nSPS) is 13.5. The van der Waals surface area contributed by atoms with Gasteiger partial charge in [-0.1, -0.05) is 6.08 Å². The molecule has 0 aromatic heterocycles. The highest BCUT2D eigenvalue weighted by molar-refractivity contribution is 7.46. The third-order valence-corrected chi connectivity index (χ3v) is 2.19. The molecule has 0 aliphatic carbocycles. The molecular formula is C10H25NO6P+. The number of aliphatic hydroxyl groups excluding tert-OH is 2. The van der Waals surface area contributed by atoms with Gasteiger partial charge in [0.25, 0.3) is 0 Å². The zero-order chi connectivity index (χ0) is 14.8. The van der Waals surface area contributed by atoms with Crippen molar-refractivity contribution in [3.05, 3.63) is 12.7 Å². The first kappa shape index (κ1) is 20.1. The summed E-state index contributed by atoms with van der Waals surface area (Å²) in [4.78, 5) is 16.6. The fourth-order valence-electron chi connectivity index (χ4n) is 0.701. The highest BCUT2D eigenvalue weighted by Crippen LogP contribution is 2.35. The van der Waals surface area contributed by atoms with Gasteiger partial charge in [0, 0.05) is 0 Å². The van der Waals surface area contributed by atoms with Gasteiger partial charge in [0.1, 0.15) is 13.2 Å². The van der Waals surface area contributed by atoms with Gasteiger partial charge in [0.15, 0.2) is 0 Å². The standard InChI is InChI=1S/C5H14NO4P.C5H10O2/c1-6(2,3)4-5-10-11(7,8)9;1-2-3-5(7)4-6/h4-5H2,1-3H3,(H-,7,8,9);2,5-7H,1,3-4H2/p+1. The predicted molar refractivity (Wildman–Crippen MR) is 68.8 cm³/mol. The number of hydrogen-bond donors (Lipinski definition) is 4. The van der Waals surface area contributed by atoms with E-state index < -0.39 is 13.9 Å². The number of phosphoric ester groups is 1. The van der Waals surface area contributed by atoms with Crippen LogP contribution in [-0.2, 0) is 9.09 Å². The van der Waals surface area contributed by atoms with Gasteiger partial charge in [-0.2, -0.15) is 0 Å². The number of likely N-dealkylation sites (N-methyl/N-ethyl adjacent to an activating group) is 1. The Bertz CT molecular complexity index is 260. The molecule has 7 nitrogen and oxygen atoms in total. The molecule has 0 aromatic carbocycles. The molecule has 4 N–H and O–H groups in total. The van der Waals surface area contributed by atoms with Crippen molar-refractivity contribution in [1.29, 1.82) is 0 Å². The Morgan fingerprint density at radius 1 is 1.39 bits per heavy atom. The molecule has 0 aliphatic rings. The van der Waals surface area contributed by atoms with Crippen LogP contribution in [0.4, 0.5) is 0 Å². The molecule has 1 unspecified atom stereocenters. The molecular weight excluding hydrogens is 261 g/mol. The number of phosphoric acid groups is 1. The first-order chi connectivity index (χ1) is 8.02. The minimum absolute atomic E-state index is 0.0772. The number of hydrogen-bond acceptors (Lipinski definition) is 4. The summed E-state index contributed by atoms with van der Waals surface area (Å²) in [6, 6.07) is 0. The SMILES string of the molecule is C=CCC(O)CO.C[N+](C)(C)CCOP(=O)(O)O. The lowest BCUT2D eigenvalue weighted by Crippen LogP contribution is -2.37. The lowest BCUT2D eigenvalue weighted by Gasteiger charge is -2.23. The van der Waals surface area contributed by atoms with E-state index in [1.807, 2.05) is 21.1 Å². The Morgan fingerprint density at radius 2 is 1.89 bits per heavy atom. The van der Waals surface area contributed by atoms with Crippen molar-refractivity contribution in [1.82, 2.24) is 0 Å².